The number of para-hydroxylation sites is 1. The minimum absolute atomic E-state index is 0.110. The molecule has 2 fully saturated rings. The van der Waals surface area contributed by atoms with Crippen LogP contribution in [-0.2, 0) is 20.0 Å². The van der Waals surface area contributed by atoms with Gasteiger partial charge in [0.05, 0.1) is 22.0 Å². The molecule has 0 saturated carbocycles. The summed E-state index contributed by atoms with van der Waals surface area (Å²) in [5, 5.41) is 0. The van der Waals surface area contributed by atoms with Crippen LogP contribution in [-0.4, -0.2) is 59.6 Å². The minimum atomic E-state index is -3.74. The first-order valence-corrected chi connectivity index (χ1v) is 13.4. The van der Waals surface area contributed by atoms with Gasteiger partial charge in [0.15, 0.2) is 0 Å². The third-order valence-corrected chi connectivity index (χ3v) is 9.77. The number of nitrogens with zero attached hydrogens (tertiary/aromatic N) is 3. The Kier molecular flexibility index (Phi) is 5.97. The Balaban J connectivity index is 1.52. The van der Waals surface area contributed by atoms with Crippen LogP contribution in [0.1, 0.15) is 18.4 Å². The summed E-state index contributed by atoms with van der Waals surface area (Å²) in [5.74, 6) is -0.212. The van der Waals surface area contributed by atoms with E-state index in [4.69, 9.17) is 0 Å². The van der Waals surface area contributed by atoms with E-state index in [9.17, 15) is 21.2 Å². The van der Waals surface area contributed by atoms with Crippen LogP contribution in [0.3, 0.4) is 0 Å². The maximum atomic E-state index is 14.0. The molecule has 0 radical (unpaired) electrons. The van der Waals surface area contributed by atoms with Crippen LogP contribution in [0.4, 0.5) is 15.8 Å². The molecule has 2 saturated heterocycles. The average Bonchev–Trinajstić information content (AvgIpc) is 2.73. The molecule has 31 heavy (non-hydrogen) atoms. The molecule has 4 rings (SSSR count). The molecule has 0 N–H and O–H groups in total. The molecule has 10 heteroatoms. The smallest absolute Gasteiger partial charge is 0.243 e. The number of hydrogen-bond acceptors (Lipinski definition) is 5. The Hall–Kier alpha value is -2.17. The van der Waals surface area contributed by atoms with E-state index in [2.05, 4.69) is 0 Å². The third kappa shape index (κ3) is 4.28. The Morgan fingerprint density at radius 1 is 0.935 bits per heavy atom. The molecule has 2 aromatic carbocycles. The van der Waals surface area contributed by atoms with Gasteiger partial charge in [-0.2, -0.15) is 4.31 Å². The number of hydrogen-bond donors (Lipinski definition) is 0. The van der Waals surface area contributed by atoms with Crippen molar-refractivity contribution in [3.8, 4) is 0 Å². The van der Waals surface area contributed by atoms with Crippen molar-refractivity contribution in [2.24, 2.45) is 0 Å². The van der Waals surface area contributed by atoms with Gasteiger partial charge in [-0.3, -0.25) is 4.31 Å². The lowest BCUT2D eigenvalue weighted by atomic mass is 10.2. The quantitative estimate of drug-likeness (QED) is 0.691. The molecule has 0 aliphatic carbocycles. The Morgan fingerprint density at radius 3 is 2.29 bits per heavy atom. The lowest BCUT2D eigenvalue weighted by molar-refractivity contribution is 0.383. The van der Waals surface area contributed by atoms with E-state index in [1.807, 2.05) is 4.90 Å². The molecule has 168 valence electrons. The molecule has 7 nitrogen and oxygen atoms in total. The highest BCUT2D eigenvalue weighted by Gasteiger charge is 2.31. The van der Waals surface area contributed by atoms with E-state index in [-0.39, 0.29) is 29.6 Å². The molecule has 0 spiro atoms. The largest absolute Gasteiger partial charge is 0.367 e. The van der Waals surface area contributed by atoms with Crippen molar-refractivity contribution in [1.29, 1.82) is 0 Å². The standard InChI is InChI=1S/C21H26FN3O4S2/c1-17-16-18(25-10-4-5-15-30(25,26)27)8-9-21(17)31(28,29)24-13-11-23(12-14-24)20-7-3-2-6-19(20)22/h2-3,6-9,16H,4-5,10-15H2,1H3. The topological polar surface area (TPSA) is 78.0 Å². The molecular weight excluding hydrogens is 441 g/mol. The van der Waals surface area contributed by atoms with Crippen molar-refractivity contribution in [3.63, 3.8) is 0 Å². The van der Waals surface area contributed by atoms with Crippen LogP contribution in [0.5, 0.6) is 0 Å². The van der Waals surface area contributed by atoms with Gasteiger partial charge in [0.1, 0.15) is 5.82 Å². The van der Waals surface area contributed by atoms with E-state index in [0.29, 0.717) is 43.0 Å². The minimum Gasteiger partial charge on any atom is -0.367 e. The molecule has 2 heterocycles. The summed E-state index contributed by atoms with van der Waals surface area (Å²) in [6, 6.07) is 11.2. The van der Waals surface area contributed by atoms with Crippen molar-refractivity contribution in [1.82, 2.24) is 4.31 Å². The number of benzene rings is 2. The summed E-state index contributed by atoms with van der Waals surface area (Å²) < 4.78 is 68.0. The molecule has 0 amide bonds. The number of anilines is 2. The van der Waals surface area contributed by atoms with Gasteiger partial charge in [-0.15, -0.1) is 0 Å². The fraction of sp³-hybridized carbons (Fsp3) is 0.429. The van der Waals surface area contributed by atoms with Gasteiger partial charge in [-0.25, -0.2) is 21.2 Å². The second-order valence-corrected chi connectivity index (χ2v) is 11.8. The maximum absolute atomic E-state index is 14.0. The van der Waals surface area contributed by atoms with Crippen LogP contribution in [0.15, 0.2) is 47.4 Å². The maximum Gasteiger partial charge on any atom is 0.243 e. The molecule has 0 atom stereocenters. The fourth-order valence-corrected chi connectivity index (χ4v) is 7.43. The van der Waals surface area contributed by atoms with E-state index in [1.165, 1.54) is 20.7 Å². The molecule has 0 unspecified atom stereocenters. The second kappa shape index (κ2) is 8.40. The van der Waals surface area contributed by atoms with Crippen LogP contribution >= 0.6 is 0 Å². The number of aryl methyl sites for hydroxylation is 1. The van der Waals surface area contributed by atoms with Crippen LogP contribution in [0, 0.1) is 12.7 Å². The summed E-state index contributed by atoms with van der Waals surface area (Å²) >= 11 is 0. The van der Waals surface area contributed by atoms with Crippen molar-refractivity contribution in [2.45, 2.75) is 24.7 Å². The SMILES string of the molecule is Cc1cc(N2CCCCS2(=O)=O)ccc1S(=O)(=O)N1CCN(c2ccccc2F)CC1. The monoisotopic (exact) mass is 467 g/mol. The zero-order valence-electron chi connectivity index (χ0n) is 17.4. The Morgan fingerprint density at radius 2 is 1.65 bits per heavy atom. The van der Waals surface area contributed by atoms with Gasteiger partial charge in [-0.05, 0) is 55.7 Å². The number of sulfonamides is 2. The normalized spacial score (nSPS) is 20.1. The van der Waals surface area contributed by atoms with Crippen LogP contribution < -0.4 is 9.21 Å². The van der Waals surface area contributed by atoms with Crippen molar-refractivity contribution < 1.29 is 21.2 Å². The Labute approximate surface area is 183 Å². The predicted octanol–water partition coefficient (Wildman–Crippen LogP) is 2.58. The number of piperazine rings is 1. The van der Waals surface area contributed by atoms with Gasteiger partial charge in [0.2, 0.25) is 20.0 Å². The predicted molar refractivity (Wildman–Crippen MR) is 119 cm³/mol. The van der Waals surface area contributed by atoms with Gasteiger partial charge in [-0.1, -0.05) is 12.1 Å². The first-order valence-electron chi connectivity index (χ1n) is 10.3. The number of halogens is 1. The van der Waals surface area contributed by atoms with E-state index in [1.54, 1.807) is 37.3 Å². The number of rotatable bonds is 4. The zero-order valence-corrected chi connectivity index (χ0v) is 19.0. The third-order valence-electron chi connectivity index (χ3n) is 5.85. The molecular formula is C21H26FN3O4S2. The van der Waals surface area contributed by atoms with Crippen molar-refractivity contribution in [3.05, 3.63) is 53.8 Å². The lowest BCUT2D eigenvalue weighted by Crippen LogP contribution is -2.49. The Bertz CT molecular complexity index is 1180. The molecule has 0 aromatic heterocycles. The first kappa shape index (κ1) is 22.0. The molecule has 0 bridgehead atoms. The van der Waals surface area contributed by atoms with Gasteiger partial charge >= 0.3 is 0 Å². The van der Waals surface area contributed by atoms with Gasteiger partial charge in [0.25, 0.3) is 0 Å². The van der Waals surface area contributed by atoms with E-state index < -0.39 is 20.0 Å². The molecule has 2 aliphatic rings. The van der Waals surface area contributed by atoms with Crippen molar-refractivity contribution >= 4 is 31.4 Å². The van der Waals surface area contributed by atoms with E-state index >= 15 is 0 Å². The summed E-state index contributed by atoms with van der Waals surface area (Å²) in [4.78, 5) is 2.02. The van der Waals surface area contributed by atoms with Gasteiger partial charge in [0, 0.05) is 32.7 Å². The van der Waals surface area contributed by atoms with Crippen LogP contribution in [0.25, 0.3) is 0 Å². The molecule has 2 aromatic rings. The second-order valence-electron chi connectivity index (χ2n) is 7.89. The van der Waals surface area contributed by atoms with Crippen LogP contribution in [0.2, 0.25) is 0 Å². The summed E-state index contributed by atoms with van der Waals surface area (Å²) in [6.07, 6.45) is 1.42. The van der Waals surface area contributed by atoms with Gasteiger partial charge < -0.3 is 4.90 Å². The first-order chi connectivity index (χ1) is 14.7. The summed E-state index contributed by atoms with van der Waals surface area (Å²) in [7, 11) is -7.10. The summed E-state index contributed by atoms with van der Waals surface area (Å²) in [6.45, 7) is 3.37. The lowest BCUT2D eigenvalue weighted by Gasteiger charge is -2.35. The highest BCUT2D eigenvalue weighted by atomic mass is 32.2. The van der Waals surface area contributed by atoms with Crippen molar-refractivity contribution in [2.75, 3.05) is 47.7 Å². The highest BCUT2D eigenvalue weighted by molar-refractivity contribution is 7.92. The average molecular weight is 468 g/mol. The zero-order chi connectivity index (χ0) is 22.2. The van der Waals surface area contributed by atoms with E-state index in [0.717, 1.165) is 6.42 Å². The highest BCUT2D eigenvalue weighted by Crippen LogP contribution is 2.29. The molecule has 2 aliphatic heterocycles. The fourth-order valence-electron chi connectivity index (χ4n) is 4.17. The summed E-state index contributed by atoms with van der Waals surface area (Å²) in [5.41, 5.74) is 1.48.